The van der Waals surface area contributed by atoms with Gasteiger partial charge in [-0.15, -0.1) is 11.8 Å². The van der Waals surface area contributed by atoms with E-state index in [2.05, 4.69) is 17.9 Å². The van der Waals surface area contributed by atoms with Crippen molar-refractivity contribution < 1.29 is 9.53 Å². The van der Waals surface area contributed by atoms with Crippen molar-refractivity contribution in [2.45, 2.75) is 17.9 Å². The number of para-hydroxylation sites is 2. The molecule has 0 radical (unpaired) electrons. The van der Waals surface area contributed by atoms with Gasteiger partial charge in [0.1, 0.15) is 11.9 Å². The Kier molecular flexibility index (Phi) is 5.53. The minimum atomic E-state index is -0.0331. The van der Waals surface area contributed by atoms with Crippen LogP contribution in [-0.4, -0.2) is 49.8 Å². The Balaban J connectivity index is 1.68. The van der Waals surface area contributed by atoms with Crippen LogP contribution < -0.4 is 9.64 Å². The van der Waals surface area contributed by atoms with Crippen LogP contribution in [0.5, 0.6) is 5.75 Å². The van der Waals surface area contributed by atoms with E-state index >= 15 is 0 Å². The molecule has 0 saturated carbocycles. The average Bonchev–Trinajstić information content (AvgIpc) is 2.66. The van der Waals surface area contributed by atoms with Gasteiger partial charge in [-0.25, -0.2) is 0 Å². The van der Waals surface area contributed by atoms with Gasteiger partial charge in [-0.2, -0.15) is 0 Å². The number of nitrogens with zero attached hydrogens (tertiary/aromatic N) is 2. The van der Waals surface area contributed by atoms with E-state index in [-0.39, 0.29) is 12.0 Å². The molecule has 0 aromatic heterocycles. The lowest BCUT2D eigenvalue weighted by molar-refractivity contribution is 0.0709. The molecule has 0 aliphatic carbocycles. The van der Waals surface area contributed by atoms with Crippen molar-refractivity contribution >= 4 is 23.4 Å². The molecular formula is C20H24N2O2S. The molecule has 0 unspecified atom stereocenters. The number of likely N-dealkylation sites (N-methyl/N-ethyl adjacent to an activating group) is 2. The van der Waals surface area contributed by atoms with Crippen LogP contribution in [0.4, 0.5) is 5.69 Å². The summed E-state index contributed by atoms with van der Waals surface area (Å²) in [6, 6.07) is 15.8. The molecule has 0 fully saturated rings. The number of anilines is 1. The molecule has 0 spiro atoms. The average molecular weight is 356 g/mol. The molecule has 1 heterocycles. The normalized spacial score (nSPS) is 16.1. The number of carbonyl (C=O) groups is 1. The second-order valence-corrected chi connectivity index (χ2v) is 7.04. The first kappa shape index (κ1) is 17.7. The highest BCUT2D eigenvalue weighted by atomic mass is 32.2. The lowest BCUT2D eigenvalue weighted by Gasteiger charge is -2.37. The second-order valence-electron chi connectivity index (χ2n) is 6.16. The van der Waals surface area contributed by atoms with Gasteiger partial charge >= 0.3 is 0 Å². The molecular weight excluding hydrogens is 332 g/mol. The van der Waals surface area contributed by atoms with Crippen LogP contribution in [0.25, 0.3) is 0 Å². The van der Waals surface area contributed by atoms with Gasteiger partial charge in [0.05, 0.1) is 18.8 Å². The van der Waals surface area contributed by atoms with Gasteiger partial charge in [0.25, 0.3) is 5.91 Å². The van der Waals surface area contributed by atoms with Crippen molar-refractivity contribution in [2.24, 2.45) is 0 Å². The molecule has 3 rings (SSSR count). The van der Waals surface area contributed by atoms with Gasteiger partial charge in [0.15, 0.2) is 0 Å². The van der Waals surface area contributed by atoms with E-state index in [0.29, 0.717) is 12.1 Å². The summed E-state index contributed by atoms with van der Waals surface area (Å²) >= 11 is 1.67. The predicted molar refractivity (Wildman–Crippen MR) is 104 cm³/mol. The summed E-state index contributed by atoms with van der Waals surface area (Å²) in [5, 5.41) is 0. The molecule has 132 valence electrons. The lowest BCUT2D eigenvalue weighted by atomic mass is 10.1. The molecule has 1 aliphatic rings. The van der Waals surface area contributed by atoms with E-state index in [1.165, 1.54) is 0 Å². The fourth-order valence-electron chi connectivity index (χ4n) is 3.12. The highest BCUT2D eigenvalue weighted by Gasteiger charge is 2.26. The molecule has 0 saturated heterocycles. The number of fused-ring (bicyclic) bond motifs is 1. The summed E-state index contributed by atoms with van der Waals surface area (Å²) < 4.78 is 6.12. The van der Waals surface area contributed by atoms with Crippen molar-refractivity contribution in [3.63, 3.8) is 0 Å². The van der Waals surface area contributed by atoms with Gasteiger partial charge in [-0.3, -0.25) is 4.79 Å². The molecule has 2 aromatic carbocycles. The van der Waals surface area contributed by atoms with Gasteiger partial charge in [-0.1, -0.05) is 12.1 Å². The Morgan fingerprint density at radius 2 is 1.96 bits per heavy atom. The van der Waals surface area contributed by atoms with E-state index in [4.69, 9.17) is 4.74 Å². The zero-order valence-corrected chi connectivity index (χ0v) is 15.8. The summed E-state index contributed by atoms with van der Waals surface area (Å²) in [6.07, 6.45) is 2.00. The maximum Gasteiger partial charge on any atom is 0.253 e. The molecule has 25 heavy (non-hydrogen) atoms. The Bertz CT molecular complexity index is 733. The highest BCUT2D eigenvalue weighted by Crippen LogP contribution is 2.32. The zero-order chi connectivity index (χ0) is 17.8. The number of ether oxygens (including phenoxy) is 1. The minimum Gasteiger partial charge on any atom is -0.485 e. The largest absolute Gasteiger partial charge is 0.485 e. The quantitative estimate of drug-likeness (QED) is 0.764. The number of amides is 1. The molecule has 1 aliphatic heterocycles. The third-order valence-corrected chi connectivity index (χ3v) is 5.21. The zero-order valence-electron chi connectivity index (χ0n) is 14.9. The fourth-order valence-corrected chi connectivity index (χ4v) is 3.52. The van der Waals surface area contributed by atoms with Crippen LogP contribution >= 0.6 is 11.8 Å². The topological polar surface area (TPSA) is 32.8 Å². The van der Waals surface area contributed by atoms with Crippen LogP contribution in [0.15, 0.2) is 53.4 Å². The Labute approximate surface area is 153 Å². The summed E-state index contributed by atoms with van der Waals surface area (Å²) in [4.78, 5) is 17.9. The minimum absolute atomic E-state index is 0.0261. The number of rotatable bonds is 5. The molecule has 0 N–H and O–H groups in total. The number of benzene rings is 2. The number of thioether (sulfide) groups is 1. The molecule has 1 amide bonds. The Hall–Kier alpha value is -2.14. The van der Waals surface area contributed by atoms with Crippen LogP contribution in [0.3, 0.4) is 0 Å². The summed E-state index contributed by atoms with van der Waals surface area (Å²) in [6.45, 7) is 4.41. The third-order valence-electron chi connectivity index (χ3n) is 4.47. The second kappa shape index (κ2) is 7.83. The van der Waals surface area contributed by atoms with Crippen molar-refractivity contribution in [3.05, 3.63) is 54.1 Å². The van der Waals surface area contributed by atoms with Crippen LogP contribution in [0.1, 0.15) is 17.3 Å². The van der Waals surface area contributed by atoms with E-state index in [1.807, 2.05) is 55.8 Å². The number of hydrogen-bond donors (Lipinski definition) is 0. The van der Waals surface area contributed by atoms with Crippen LogP contribution in [-0.2, 0) is 0 Å². The molecule has 1 atom stereocenters. The molecule has 5 heteroatoms. The number of hydrogen-bond acceptors (Lipinski definition) is 4. The Morgan fingerprint density at radius 1 is 1.24 bits per heavy atom. The highest BCUT2D eigenvalue weighted by molar-refractivity contribution is 7.98. The smallest absolute Gasteiger partial charge is 0.253 e. The maximum absolute atomic E-state index is 12.7. The standard InChI is InChI=1S/C20H24N2O2S/c1-4-22-14-16(24-19-8-6-5-7-18(19)22)13-21(2)20(23)15-9-11-17(25-3)12-10-15/h5-12,16H,4,13-14H2,1-3H3/t16-/m0/s1. The van der Waals surface area contributed by atoms with Crippen LogP contribution in [0, 0.1) is 0 Å². The van der Waals surface area contributed by atoms with Crippen molar-refractivity contribution in [2.75, 3.05) is 37.8 Å². The van der Waals surface area contributed by atoms with Gasteiger partial charge in [0, 0.05) is 24.1 Å². The summed E-state index contributed by atoms with van der Waals surface area (Å²) in [5.74, 6) is 0.920. The predicted octanol–water partition coefficient (Wildman–Crippen LogP) is 3.77. The first-order valence-electron chi connectivity index (χ1n) is 8.52. The Morgan fingerprint density at radius 3 is 2.64 bits per heavy atom. The third kappa shape index (κ3) is 3.93. The summed E-state index contributed by atoms with van der Waals surface area (Å²) in [5.41, 5.74) is 1.84. The van der Waals surface area contributed by atoms with Crippen LogP contribution in [0.2, 0.25) is 0 Å². The fraction of sp³-hybridized carbons (Fsp3) is 0.350. The first-order valence-corrected chi connectivity index (χ1v) is 9.75. The lowest BCUT2D eigenvalue weighted by Crippen LogP contribution is -2.46. The molecule has 0 bridgehead atoms. The SMILES string of the molecule is CCN1C[C@H](CN(C)C(=O)c2ccc(SC)cc2)Oc2ccccc21. The van der Waals surface area contributed by atoms with Gasteiger partial charge in [0.2, 0.25) is 0 Å². The monoisotopic (exact) mass is 356 g/mol. The van der Waals surface area contributed by atoms with E-state index in [1.54, 1.807) is 16.7 Å². The van der Waals surface area contributed by atoms with E-state index in [0.717, 1.165) is 29.4 Å². The van der Waals surface area contributed by atoms with Gasteiger partial charge in [-0.05, 0) is 49.6 Å². The van der Waals surface area contributed by atoms with E-state index in [9.17, 15) is 4.79 Å². The maximum atomic E-state index is 12.7. The van der Waals surface area contributed by atoms with Crippen molar-refractivity contribution in [1.82, 2.24) is 4.90 Å². The van der Waals surface area contributed by atoms with E-state index < -0.39 is 0 Å². The van der Waals surface area contributed by atoms with Crippen molar-refractivity contribution in [3.8, 4) is 5.75 Å². The van der Waals surface area contributed by atoms with Gasteiger partial charge < -0.3 is 14.5 Å². The van der Waals surface area contributed by atoms with Crippen molar-refractivity contribution in [1.29, 1.82) is 0 Å². The molecule has 2 aromatic rings. The summed E-state index contributed by atoms with van der Waals surface area (Å²) in [7, 11) is 1.84. The first-order chi connectivity index (χ1) is 12.1. The molecule has 4 nitrogen and oxygen atoms in total. The number of carbonyl (C=O) groups excluding carboxylic acids is 1.